The van der Waals surface area contributed by atoms with Gasteiger partial charge in [-0.05, 0) is 31.2 Å². The number of rotatable bonds is 4. The number of carbonyl (C=O) groups is 1. The number of carbonyl (C=O) groups excluding carboxylic acids is 1. The molecule has 2 heterocycles. The maximum atomic E-state index is 14.4. The first-order chi connectivity index (χ1) is 14.5. The number of amides is 1. The molecule has 4 rings (SSSR count). The number of hydrogen-bond acceptors (Lipinski definition) is 3. The number of fused-ring (bicyclic) bond motifs is 1. The van der Waals surface area contributed by atoms with E-state index in [4.69, 9.17) is 0 Å². The maximum Gasteiger partial charge on any atom is 0.263 e. The van der Waals surface area contributed by atoms with Crippen LogP contribution in [0.15, 0.2) is 53.5 Å². The summed E-state index contributed by atoms with van der Waals surface area (Å²) in [6.45, 7) is 5.91. The summed E-state index contributed by atoms with van der Waals surface area (Å²) in [6, 6.07) is 9.83. The lowest BCUT2D eigenvalue weighted by molar-refractivity contribution is 0.0639. The summed E-state index contributed by atoms with van der Waals surface area (Å²) < 4.78 is 28.9. The molecule has 0 saturated carbocycles. The van der Waals surface area contributed by atoms with Crippen molar-refractivity contribution in [1.82, 2.24) is 14.4 Å². The fourth-order valence-electron chi connectivity index (χ4n) is 3.98. The smallest absolute Gasteiger partial charge is 0.263 e. The molecule has 0 unspecified atom stereocenters. The minimum absolute atomic E-state index is 0.0889. The monoisotopic (exact) mass is 411 g/mol. The second-order valence-electron chi connectivity index (χ2n) is 7.49. The Morgan fingerprint density at radius 3 is 2.37 bits per heavy atom. The standard InChI is InChI=1S/C23H23F2N3O2/c1-2-9-26-10-12-27(13-11-26)22(29)19-15-28(21-8-7-16(24)14-20(21)25)23(30)18-6-4-3-5-17(18)19/h3-8,14-15H,2,9-13H2,1H3. The molecular weight excluding hydrogens is 388 g/mol. The van der Waals surface area contributed by atoms with E-state index < -0.39 is 17.2 Å². The second kappa shape index (κ2) is 8.36. The third-order valence-corrected chi connectivity index (χ3v) is 5.52. The van der Waals surface area contributed by atoms with Crippen molar-refractivity contribution in [1.29, 1.82) is 0 Å². The molecular formula is C23H23F2N3O2. The average Bonchev–Trinajstić information content (AvgIpc) is 2.75. The van der Waals surface area contributed by atoms with Crippen LogP contribution >= 0.6 is 0 Å². The van der Waals surface area contributed by atoms with Gasteiger partial charge in [0.05, 0.1) is 11.3 Å². The third-order valence-electron chi connectivity index (χ3n) is 5.52. The molecule has 1 amide bonds. The van der Waals surface area contributed by atoms with Crippen LogP contribution in [0.4, 0.5) is 8.78 Å². The Morgan fingerprint density at radius 2 is 1.70 bits per heavy atom. The first kappa shape index (κ1) is 20.2. The molecule has 0 atom stereocenters. The van der Waals surface area contributed by atoms with Crippen molar-refractivity contribution in [3.05, 3.63) is 76.2 Å². The summed E-state index contributed by atoms with van der Waals surface area (Å²) in [5.74, 6) is -1.79. The van der Waals surface area contributed by atoms with Crippen LogP contribution < -0.4 is 5.56 Å². The number of nitrogens with zero attached hydrogens (tertiary/aromatic N) is 3. The van der Waals surface area contributed by atoms with Crippen molar-refractivity contribution < 1.29 is 13.6 Å². The predicted octanol–water partition coefficient (Wildman–Crippen LogP) is 3.44. The summed E-state index contributed by atoms with van der Waals surface area (Å²) in [6.07, 6.45) is 2.44. The quantitative estimate of drug-likeness (QED) is 0.661. The lowest BCUT2D eigenvalue weighted by Gasteiger charge is -2.34. The number of aromatic nitrogens is 1. The van der Waals surface area contributed by atoms with Gasteiger partial charge in [-0.2, -0.15) is 0 Å². The average molecular weight is 411 g/mol. The number of piperazine rings is 1. The van der Waals surface area contributed by atoms with Crippen LogP contribution in [-0.2, 0) is 0 Å². The van der Waals surface area contributed by atoms with E-state index in [9.17, 15) is 18.4 Å². The maximum absolute atomic E-state index is 14.4. The normalized spacial score (nSPS) is 15.0. The highest BCUT2D eigenvalue weighted by atomic mass is 19.1. The third kappa shape index (κ3) is 3.73. The molecule has 5 nitrogen and oxygen atoms in total. The molecule has 7 heteroatoms. The summed E-state index contributed by atoms with van der Waals surface area (Å²) in [5, 5.41) is 0.846. The molecule has 1 aromatic heterocycles. The van der Waals surface area contributed by atoms with Crippen molar-refractivity contribution in [2.24, 2.45) is 0 Å². The van der Waals surface area contributed by atoms with E-state index in [1.807, 2.05) is 0 Å². The fraction of sp³-hybridized carbons (Fsp3) is 0.304. The number of halogens is 2. The van der Waals surface area contributed by atoms with Crippen molar-refractivity contribution >= 4 is 16.7 Å². The molecule has 1 fully saturated rings. The van der Waals surface area contributed by atoms with Crippen LogP contribution in [0.25, 0.3) is 16.5 Å². The molecule has 1 saturated heterocycles. The van der Waals surface area contributed by atoms with Gasteiger partial charge >= 0.3 is 0 Å². The van der Waals surface area contributed by atoms with Gasteiger partial charge in [0.2, 0.25) is 0 Å². The molecule has 30 heavy (non-hydrogen) atoms. The first-order valence-electron chi connectivity index (χ1n) is 10.1. The van der Waals surface area contributed by atoms with E-state index in [2.05, 4.69) is 11.8 Å². The Hall–Kier alpha value is -3.06. The van der Waals surface area contributed by atoms with Crippen LogP contribution in [0.5, 0.6) is 0 Å². The summed E-state index contributed by atoms with van der Waals surface area (Å²) >= 11 is 0. The van der Waals surface area contributed by atoms with E-state index in [-0.39, 0.29) is 11.6 Å². The van der Waals surface area contributed by atoms with Crippen molar-refractivity contribution in [3.63, 3.8) is 0 Å². The van der Waals surface area contributed by atoms with E-state index in [0.717, 1.165) is 42.8 Å². The second-order valence-corrected chi connectivity index (χ2v) is 7.49. The van der Waals surface area contributed by atoms with E-state index in [0.29, 0.717) is 29.4 Å². The van der Waals surface area contributed by atoms with Gasteiger partial charge < -0.3 is 4.90 Å². The molecule has 0 N–H and O–H groups in total. The van der Waals surface area contributed by atoms with Gasteiger partial charge in [0, 0.05) is 49.2 Å². The van der Waals surface area contributed by atoms with Crippen LogP contribution in [0, 0.1) is 11.6 Å². The van der Waals surface area contributed by atoms with E-state index >= 15 is 0 Å². The number of pyridine rings is 1. The zero-order valence-electron chi connectivity index (χ0n) is 16.8. The largest absolute Gasteiger partial charge is 0.336 e. The molecule has 0 bridgehead atoms. The number of hydrogen-bond donors (Lipinski definition) is 0. The Labute approximate surface area is 173 Å². The molecule has 3 aromatic rings. The van der Waals surface area contributed by atoms with Crippen molar-refractivity contribution in [3.8, 4) is 5.69 Å². The molecule has 1 aliphatic rings. The first-order valence-corrected chi connectivity index (χ1v) is 10.1. The summed E-state index contributed by atoms with van der Waals surface area (Å²) in [4.78, 5) is 30.4. The lowest BCUT2D eigenvalue weighted by atomic mass is 10.1. The van der Waals surface area contributed by atoms with Gasteiger partial charge in [0.1, 0.15) is 11.6 Å². The molecule has 0 radical (unpaired) electrons. The Bertz CT molecular complexity index is 1150. The zero-order valence-corrected chi connectivity index (χ0v) is 16.8. The van der Waals surface area contributed by atoms with Gasteiger partial charge in [0.25, 0.3) is 11.5 Å². The van der Waals surface area contributed by atoms with Gasteiger partial charge in [-0.15, -0.1) is 0 Å². The van der Waals surface area contributed by atoms with Gasteiger partial charge in [-0.1, -0.05) is 25.1 Å². The molecule has 1 aliphatic heterocycles. The fourth-order valence-corrected chi connectivity index (χ4v) is 3.98. The zero-order chi connectivity index (χ0) is 21.3. The van der Waals surface area contributed by atoms with Crippen LogP contribution in [0.1, 0.15) is 23.7 Å². The minimum atomic E-state index is -0.862. The Morgan fingerprint density at radius 1 is 1.00 bits per heavy atom. The van der Waals surface area contributed by atoms with Gasteiger partial charge in [-0.3, -0.25) is 19.1 Å². The van der Waals surface area contributed by atoms with E-state index in [1.165, 1.54) is 12.3 Å². The summed E-state index contributed by atoms with van der Waals surface area (Å²) in [7, 11) is 0. The Balaban J connectivity index is 1.79. The topological polar surface area (TPSA) is 45.5 Å². The van der Waals surface area contributed by atoms with Crippen LogP contribution in [0.2, 0.25) is 0 Å². The highest BCUT2D eigenvalue weighted by molar-refractivity contribution is 6.06. The molecule has 0 aliphatic carbocycles. The van der Waals surface area contributed by atoms with Gasteiger partial charge in [0.15, 0.2) is 0 Å². The molecule has 0 spiro atoms. The SMILES string of the molecule is CCCN1CCN(C(=O)c2cn(-c3ccc(F)cc3F)c(=O)c3ccccc23)CC1. The Kier molecular flexibility index (Phi) is 5.63. The van der Waals surface area contributed by atoms with E-state index in [1.54, 1.807) is 29.2 Å². The molecule has 156 valence electrons. The van der Waals surface area contributed by atoms with Crippen LogP contribution in [-0.4, -0.2) is 53.0 Å². The summed E-state index contributed by atoms with van der Waals surface area (Å²) in [5.41, 5.74) is -0.216. The van der Waals surface area contributed by atoms with Crippen LogP contribution in [0.3, 0.4) is 0 Å². The highest BCUT2D eigenvalue weighted by Gasteiger charge is 2.25. The van der Waals surface area contributed by atoms with Crippen molar-refractivity contribution in [2.75, 3.05) is 32.7 Å². The lowest BCUT2D eigenvalue weighted by Crippen LogP contribution is -2.49. The predicted molar refractivity (Wildman–Crippen MR) is 112 cm³/mol. The van der Waals surface area contributed by atoms with Gasteiger partial charge in [-0.25, -0.2) is 8.78 Å². The highest BCUT2D eigenvalue weighted by Crippen LogP contribution is 2.21. The molecule has 2 aromatic carbocycles. The minimum Gasteiger partial charge on any atom is -0.336 e. The number of benzene rings is 2. The van der Waals surface area contributed by atoms with Crippen molar-refractivity contribution in [2.45, 2.75) is 13.3 Å².